The Kier molecular flexibility index (Phi) is 4.09. The minimum atomic E-state index is -0.554. The molecule has 5 nitrogen and oxygen atoms in total. The first-order valence-corrected chi connectivity index (χ1v) is 8.62. The first-order chi connectivity index (χ1) is 12.1. The van der Waals surface area contributed by atoms with E-state index in [2.05, 4.69) is 11.4 Å². The third kappa shape index (κ3) is 3.07. The van der Waals surface area contributed by atoms with Gasteiger partial charge < -0.3 is 19.9 Å². The molecule has 1 amide bonds. The fourth-order valence-corrected chi connectivity index (χ4v) is 3.42. The number of para-hydroxylation sites is 1. The number of aliphatic hydroxyl groups is 1. The fraction of sp³-hybridized carbons (Fsp3) is 0.350. The lowest BCUT2D eigenvalue weighted by molar-refractivity contribution is -0.123. The van der Waals surface area contributed by atoms with E-state index in [9.17, 15) is 9.90 Å². The number of hydrogen-bond donors (Lipinski definition) is 2. The number of anilines is 1. The Balaban J connectivity index is 1.52. The van der Waals surface area contributed by atoms with Crippen LogP contribution in [0.1, 0.15) is 35.6 Å². The molecular weight excluding hydrogens is 318 g/mol. The molecule has 2 aromatic carbocycles. The highest BCUT2D eigenvalue weighted by Crippen LogP contribution is 2.38. The van der Waals surface area contributed by atoms with E-state index >= 15 is 0 Å². The Hall–Kier alpha value is -2.53. The number of carbonyl (C=O) groups is 1. The van der Waals surface area contributed by atoms with Crippen LogP contribution in [0.15, 0.2) is 36.4 Å². The third-order valence-corrected chi connectivity index (χ3v) is 4.75. The Morgan fingerprint density at radius 3 is 3.00 bits per heavy atom. The molecule has 25 heavy (non-hydrogen) atoms. The molecule has 0 spiro atoms. The van der Waals surface area contributed by atoms with E-state index in [0.29, 0.717) is 30.9 Å². The molecule has 0 aromatic heterocycles. The number of fused-ring (bicyclic) bond motifs is 2. The van der Waals surface area contributed by atoms with E-state index in [4.69, 9.17) is 9.47 Å². The van der Waals surface area contributed by atoms with E-state index in [1.165, 1.54) is 5.56 Å². The van der Waals surface area contributed by atoms with Crippen LogP contribution in [-0.2, 0) is 11.2 Å². The summed E-state index contributed by atoms with van der Waals surface area (Å²) in [5, 5.41) is 13.0. The molecule has 0 radical (unpaired) electrons. The molecule has 0 bridgehead atoms. The van der Waals surface area contributed by atoms with Crippen LogP contribution in [-0.4, -0.2) is 23.7 Å². The Morgan fingerprint density at radius 2 is 2.12 bits per heavy atom. The molecule has 130 valence electrons. The van der Waals surface area contributed by atoms with Crippen LogP contribution in [0.2, 0.25) is 0 Å². The van der Waals surface area contributed by atoms with Crippen LogP contribution < -0.4 is 14.8 Å². The topological polar surface area (TPSA) is 67.8 Å². The van der Waals surface area contributed by atoms with E-state index < -0.39 is 12.2 Å². The molecule has 2 aromatic rings. The van der Waals surface area contributed by atoms with Gasteiger partial charge in [-0.15, -0.1) is 0 Å². The van der Waals surface area contributed by atoms with E-state index in [1.807, 2.05) is 31.2 Å². The average molecular weight is 339 g/mol. The summed E-state index contributed by atoms with van der Waals surface area (Å²) < 4.78 is 11.6. The van der Waals surface area contributed by atoms with Gasteiger partial charge >= 0.3 is 0 Å². The van der Waals surface area contributed by atoms with Crippen molar-refractivity contribution in [2.24, 2.45) is 0 Å². The van der Waals surface area contributed by atoms with Crippen LogP contribution in [0.25, 0.3) is 0 Å². The molecule has 0 saturated heterocycles. The second-order valence-electron chi connectivity index (χ2n) is 6.62. The number of amides is 1. The molecule has 2 aliphatic heterocycles. The maximum Gasteiger partial charge on any atom is 0.265 e. The number of nitrogens with one attached hydrogen (secondary N) is 1. The summed E-state index contributed by atoms with van der Waals surface area (Å²) in [5.41, 5.74) is 3.64. The molecular formula is C20H21NO4. The largest absolute Gasteiger partial charge is 0.491 e. The van der Waals surface area contributed by atoms with Gasteiger partial charge in [-0.2, -0.15) is 0 Å². The summed E-state index contributed by atoms with van der Waals surface area (Å²) in [6.07, 6.45) is 0.936. The number of rotatable bonds is 2. The van der Waals surface area contributed by atoms with Gasteiger partial charge in [0.25, 0.3) is 5.91 Å². The first-order valence-electron chi connectivity index (χ1n) is 8.62. The van der Waals surface area contributed by atoms with Gasteiger partial charge in [-0.3, -0.25) is 4.79 Å². The van der Waals surface area contributed by atoms with Crippen molar-refractivity contribution in [2.75, 3.05) is 11.9 Å². The minimum Gasteiger partial charge on any atom is -0.491 e. The Bertz CT molecular complexity index is 817. The predicted molar refractivity (Wildman–Crippen MR) is 94.1 cm³/mol. The molecule has 4 rings (SSSR count). The summed E-state index contributed by atoms with van der Waals surface area (Å²) in [4.78, 5) is 12.7. The maximum absolute atomic E-state index is 12.7. The van der Waals surface area contributed by atoms with Gasteiger partial charge in [0.1, 0.15) is 11.5 Å². The molecule has 2 atom stereocenters. The molecule has 0 aliphatic carbocycles. The highest BCUT2D eigenvalue weighted by molar-refractivity contribution is 5.96. The summed E-state index contributed by atoms with van der Waals surface area (Å²) in [5.74, 6) is 1.14. The zero-order valence-electron chi connectivity index (χ0n) is 14.1. The van der Waals surface area contributed by atoms with Crippen molar-refractivity contribution < 1.29 is 19.4 Å². The van der Waals surface area contributed by atoms with Gasteiger partial charge in [0.15, 0.2) is 6.10 Å². The van der Waals surface area contributed by atoms with Crippen molar-refractivity contribution in [3.8, 4) is 11.5 Å². The van der Waals surface area contributed by atoms with Crippen LogP contribution in [0.4, 0.5) is 5.69 Å². The number of aryl methyl sites for hydroxylation is 2. The molecule has 0 unspecified atom stereocenters. The van der Waals surface area contributed by atoms with Gasteiger partial charge in [-0.1, -0.05) is 29.8 Å². The number of ether oxygens (including phenoxy) is 2. The highest BCUT2D eigenvalue weighted by atomic mass is 16.5. The number of hydrogen-bond acceptors (Lipinski definition) is 4. The van der Waals surface area contributed by atoms with E-state index in [0.717, 1.165) is 23.3 Å². The number of benzene rings is 2. The second kappa shape index (κ2) is 6.41. The maximum atomic E-state index is 12.7. The summed E-state index contributed by atoms with van der Waals surface area (Å²) in [6.45, 7) is 2.49. The zero-order valence-corrected chi connectivity index (χ0v) is 14.1. The zero-order chi connectivity index (χ0) is 17.4. The van der Waals surface area contributed by atoms with E-state index in [1.54, 1.807) is 6.07 Å². The van der Waals surface area contributed by atoms with Gasteiger partial charge in [-0.05, 0) is 37.5 Å². The summed E-state index contributed by atoms with van der Waals surface area (Å²) >= 11 is 0. The minimum absolute atomic E-state index is 0.191. The predicted octanol–water partition coefficient (Wildman–Crippen LogP) is 3.14. The number of aliphatic hydroxyl groups excluding tert-OH is 1. The molecule has 2 aliphatic rings. The summed E-state index contributed by atoms with van der Waals surface area (Å²) in [6, 6.07) is 11.4. The fourth-order valence-electron chi connectivity index (χ4n) is 3.42. The van der Waals surface area contributed by atoms with Crippen molar-refractivity contribution in [3.63, 3.8) is 0 Å². The van der Waals surface area contributed by atoms with Gasteiger partial charge in [-0.25, -0.2) is 0 Å². The smallest absolute Gasteiger partial charge is 0.265 e. The van der Waals surface area contributed by atoms with Gasteiger partial charge in [0.05, 0.1) is 18.4 Å². The van der Waals surface area contributed by atoms with Crippen LogP contribution >= 0.6 is 0 Å². The van der Waals surface area contributed by atoms with Crippen molar-refractivity contribution >= 4 is 11.6 Å². The molecule has 0 fully saturated rings. The summed E-state index contributed by atoms with van der Waals surface area (Å²) in [7, 11) is 0. The van der Waals surface area contributed by atoms with Crippen LogP contribution in [0.3, 0.4) is 0 Å². The second-order valence-corrected chi connectivity index (χ2v) is 6.62. The monoisotopic (exact) mass is 339 g/mol. The lowest BCUT2D eigenvalue weighted by atomic mass is 9.99. The average Bonchev–Trinajstić information content (AvgIpc) is 2.62. The first kappa shape index (κ1) is 16.0. The Labute approximate surface area is 146 Å². The van der Waals surface area contributed by atoms with Crippen molar-refractivity contribution in [2.45, 2.75) is 38.4 Å². The molecule has 0 saturated carbocycles. The highest BCUT2D eigenvalue weighted by Gasteiger charge is 2.28. The van der Waals surface area contributed by atoms with Gasteiger partial charge in [0, 0.05) is 12.0 Å². The van der Waals surface area contributed by atoms with Gasteiger partial charge in [0.2, 0.25) is 0 Å². The lowest BCUT2D eigenvalue weighted by Gasteiger charge is -2.27. The third-order valence-electron chi connectivity index (χ3n) is 4.75. The number of carbonyl (C=O) groups excluding carboxylic acids is 1. The van der Waals surface area contributed by atoms with Crippen molar-refractivity contribution in [1.82, 2.24) is 0 Å². The molecule has 2 N–H and O–H groups in total. The molecule has 5 heteroatoms. The quantitative estimate of drug-likeness (QED) is 0.882. The Morgan fingerprint density at radius 1 is 1.24 bits per heavy atom. The van der Waals surface area contributed by atoms with Crippen molar-refractivity contribution in [3.05, 3.63) is 53.1 Å². The van der Waals surface area contributed by atoms with Crippen LogP contribution in [0, 0.1) is 6.92 Å². The molecule has 2 heterocycles. The van der Waals surface area contributed by atoms with Crippen molar-refractivity contribution in [1.29, 1.82) is 0 Å². The van der Waals surface area contributed by atoms with Crippen LogP contribution in [0.5, 0.6) is 11.5 Å². The standard InChI is InChI=1S/C20H21NO4/c1-12-5-7-17-13(11-12)6-8-18(25-17)20(23)21-15-4-2-3-14-16(22)9-10-24-19(14)15/h2-5,7,11,16,18,22H,6,8-10H2,1H3,(H,21,23)/t16-,18-/m1/s1. The SMILES string of the molecule is Cc1ccc2c(c1)CC[C@H](C(=O)Nc1cccc3c1OCC[C@H]3O)O2. The normalized spacial score (nSPS) is 21.4. The van der Waals surface area contributed by atoms with E-state index in [-0.39, 0.29) is 5.91 Å². The lowest BCUT2D eigenvalue weighted by Crippen LogP contribution is -2.36.